The third-order valence-corrected chi connectivity index (χ3v) is 6.55. The van der Waals surface area contributed by atoms with Gasteiger partial charge in [-0.3, -0.25) is 9.69 Å². The van der Waals surface area contributed by atoms with E-state index < -0.39 is 5.54 Å². The third-order valence-electron chi connectivity index (χ3n) is 5.61. The molecule has 146 valence electrons. The summed E-state index contributed by atoms with van der Waals surface area (Å²) in [6.07, 6.45) is 2.36. The number of urea groups is 1. The lowest BCUT2D eigenvalue weighted by Crippen LogP contribution is -2.46. The summed E-state index contributed by atoms with van der Waals surface area (Å²) < 4.78 is 13.1. The van der Waals surface area contributed by atoms with Gasteiger partial charge in [0.05, 0.1) is 12.2 Å². The molecule has 1 atom stereocenters. The summed E-state index contributed by atoms with van der Waals surface area (Å²) in [5.74, 6) is -0.520. The lowest BCUT2D eigenvalue weighted by Gasteiger charge is -2.33. The van der Waals surface area contributed by atoms with Gasteiger partial charge in [0.15, 0.2) is 0 Å². The van der Waals surface area contributed by atoms with Crippen LogP contribution in [0.3, 0.4) is 0 Å². The summed E-state index contributed by atoms with van der Waals surface area (Å²) in [6, 6.07) is 13.5. The van der Waals surface area contributed by atoms with E-state index in [2.05, 4.69) is 10.3 Å². The maximum atomic E-state index is 13.4. The average molecular weight is 407 g/mol. The fraction of sp³-hybridized carbons (Fsp3) is 0.227. The van der Waals surface area contributed by atoms with E-state index in [0.717, 1.165) is 34.5 Å². The second-order valence-corrected chi connectivity index (χ2v) is 8.25. The molecular weight excluding hydrogens is 389 g/mol. The van der Waals surface area contributed by atoms with Crippen molar-refractivity contribution in [1.29, 1.82) is 0 Å². The van der Waals surface area contributed by atoms with Crippen molar-refractivity contribution in [1.82, 2.24) is 15.2 Å². The molecule has 2 aliphatic rings. The molecule has 1 saturated heterocycles. The van der Waals surface area contributed by atoms with Gasteiger partial charge in [0.2, 0.25) is 0 Å². The van der Waals surface area contributed by atoms with E-state index in [1.807, 2.05) is 29.6 Å². The van der Waals surface area contributed by atoms with E-state index in [4.69, 9.17) is 0 Å². The monoisotopic (exact) mass is 407 g/mol. The van der Waals surface area contributed by atoms with Crippen LogP contribution in [-0.2, 0) is 23.3 Å². The number of rotatable bonds is 3. The van der Waals surface area contributed by atoms with Crippen molar-refractivity contribution in [2.24, 2.45) is 0 Å². The molecule has 1 fully saturated rings. The van der Waals surface area contributed by atoms with Crippen LogP contribution in [0.1, 0.15) is 29.7 Å². The summed E-state index contributed by atoms with van der Waals surface area (Å²) >= 11 is 1.41. The molecule has 1 aliphatic carbocycles. The van der Waals surface area contributed by atoms with Crippen molar-refractivity contribution in [2.75, 3.05) is 0 Å². The Labute approximate surface area is 171 Å². The standard InChI is InChI=1S/C22H18FN3O2S/c23-16-9-7-15(8-10-16)19-24-17(13-29-19)12-26-20(27)22(25-21(26)28)11-3-5-14-4-1-2-6-18(14)22/h1-2,4,6-10,13H,3,5,11-12H2,(H,25,28). The topological polar surface area (TPSA) is 62.3 Å². The van der Waals surface area contributed by atoms with E-state index in [1.165, 1.54) is 28.4 Å². The van der Waals surface area contributed by atoms with Crippen LogP contribution in [0.2, 0.25) is 0 Å². The van der Waals surface area contributed by atoms with Crippen molar-refractivity contribution in [3.05, 3.63) is 76.5 Å². The van der Waals surface area contributed by atoms with Gasteiger partial charge in [-0.1, -0.05) is 24.3 Å². The van der Waals surface area contributed by atoms with E-state index in [9.17, 15) is 14.0 Å². The Morgan fingerprint density at radius 1 is 1.14 bits per heavy atom. The van der Waals surface area contributed by atoms with Crippen molar-refractivity contribution < 1.29 is 14.0 Å². The van der Waals surface area contributed by atoms with Crippen molar-refractivity contribution >= 4 is 23.3 Å². The molecule has 1 unspecified atom stereocenters. The molecule has 0 bridgehead atoms. The Hall–Kier alpha value is -3.06. The first kappa shape index (κ1) is 18.0. The number of carbonyl (C=O) groups excluding carboxylic acids is 2. The van der Waals surface area contributed by atoms with Crippen LogP contribution < -0.4 is 5.32 Å². The zero-order valence-corrected chi connectivity index (χ0v) is 16.3. The number of amides is 3. The molecule has 1 spiro atoms. The van der Waals surface area contributed by atoms with Gasteiger partial charge in [0.25, 0.3) is 5.91 Å². The number of halogens is 1. The van der Waals surface area contributed by atoms with Crippen LogP contribution in [0.25, 0.3) is 10.6 Å². The predicted molar refractivity (Wildman–Crippen MR) is 108 cm³/mol. The second kappa shape index (κ2) is 6.77. The van der Waals surface area contributed by atoms with E-state index in [-0.39, 0.29) is 24.3 Å². The summed E-state index contributed by atoms with van der Waals surface area (Å²) in [5.41, 5.74) is 2.48. The lowest BCUT2D eigenvalue weighted by molar-refractivity contribution is -0.132. The second-order valence-electron chi connectivity index (χ2n) is 7.39. The van der Waals surface area contributed by atoms with E-state index in [1.54, 1.807) is 12.1 Å². The van der Waals surface area contributed by atoms with Crippen molar-refractivity contribution in [3.8, 4) is 10.6 Å². The Kier molecular flexibility index (Phi) is 4.20. The van der Waals surface area contributed by atoms with Crippen LogP contribution in [-0.4, -0.2) is 21.8 Å². The van der Waals surface area contributed by atoms with Crippen LogP contribution in [0, 0.1) is 5.82 Å². The SMILES string of the molecule is O=C1NC2(CCCc3ccccc32)C(=O)N1Cc1csc(-c2ccc(F)cc2)n1. The molecule has 3 aromatic rings. The molecule has 1 N–H and O–H groups in total. The van der Waals surface area contributed by atoms with Gasteiger partial charge in [-0.2, -0.15) is 0 Å². The van der Waals surface area contributed by atoms with E-state index >= 15 is 0 Å². The Balaban J connectivity index is 1.42. The van der Waals surface area contributed by atoms with Gasteiger partial charge in [0.1, 0.15) is 16.4 Å². The first-order valence-corrected chi connectivity index (χ1v) is 10.4. The minimum absolute atomic E-state index is 0.117. The van der Waals surface area contributed by atoms with Crippen molar-refractivity contribution in [2.45, 2.75) is 31.3 Å². The number of imide groups is 1. The zero-order chi connectivity index (χ0) is 20.0. The summed E-state index contributed by atoms with van der Waals surface area (Å²) in [5, 5.41) is 5.52. The van der Waals surface area contributed by atoms with Crippen LogP contribution in [0.5, 0.6) is 0 Å². The van der Waals surface area contributed by atoms with Gasteiger partial charge in [-0.05, 0) is 54.7 Å². The summed E-state index contributed by atoms with van der Waals surface area (Å²) in [6.45, 7) is 0.117. The molecule has 5 rings (SSSR count). The molecule has 2 heterocycles. The number of nitrogens with one attached hydrogen (secondary N) is 1. The van der Waals surface area contributed by atoms with Gasteiger partial charge in [-0.25, -0.2) is 14.2 Å². The largest absolute Gasteiger partial charge is 0.325 e. The molecule has 1 aliphatic heterocycles. The first-order valence-electron chi connectivity index (χ1n) is 9.50. The number of aromatic nitrogens is 1. The van der Waals surface area contributed by atoms with Crippen molar-refractivity contribution in [3.63, 3.8) is 0 Å². The minimum Gasteiger partial charge on any atom is -0.319 e. The van der Waals surface area contributed by atoms with Crippen LogP contribution >= 0.6 is 11.3 Å². The highest BCUT2D eigenvalue weighted by molar-refractivity contribution is 7.13. The highest BCUT2D eigenvalue weighted by atomic mass is 32.1. The Morgan fingerprint density at radius 3 is 2.76 bits per heavy atom. The minimum atomic E-state index is -0.971. The average Bonchev–Trinajstić information content (AvgIpc) is 3.29. The first-order chi connectivity index (χ1) is 14.1. The fourth-order valence-corrected chi connectivity index (χ4v) is 5.04. The number of thiazole rings is 1. The molecule has 3 amide bonds. The molecule has 2 aromatic carbocycles. The lowest BCUT2D eigenvalue weighted by atomic mass is 9.76. The summed E-state index contributed by atoms with van der Waals surface area (Å²) in [7, 11) is 0. The molecular formula is C22H18FN3O2S. The molecule has 5 nitrogen and oxygen atoms in total. The number of carbonyl (C=O) groups is 2. The molecule has 1 aromatic heterocycles. The smallest absolute Gasteiger partial charge is 0.319 e. The van der Waals surface area contributed by atoms with E-state index in [0.29, 0.717) is 12.1 Å². The van der Waals surface area contributed by atoms with Gasteiger partial charge < -0.3 is 5.32 Å². The number of hydrogen-bond donors (Lipinski definition) is 1. The van der Waals surface area contributed by atoms with Crippen LogP contribution in [0.15, 0.2) is 53.9 Å². The quantitative estimate of drug-likeness (QED) is 0.661. The van der Waals surface area contributed by atoms with Gasteiger partial charge in [0, 0.05) is 10.9 Å². The maximum absolute atomic E-state index is 13.4. The molecule has 0 saturated carbocycles. The number of aryl methyl sites for hydroxylation is 1. The highest BCUT2D eigenvalue weighted by Crippen LogP contribution is 2.40. The number of hydrogen-bond acceptors (Lipinski definition) is 4. The molecule has 0 radical (unpaired) electrons. The fourth-order valence-electron chi connectivity index (χ4n) is 4.22. The Morgan fingerprint density at radius 2 is 1.93 bits per heavy atom. The number of benzene rings is 2. The highest BCUT2D eigenvalue weighted by Gasteiger charge is 2.53. The molecule has 29 heavy (non-hydrogen) atoms. The Bertz CT molecular complexity index is 1110. The van der Waals surface area contributed by atoms with Crippen LogP contribution in [0.4, 0.5) is 9.18 Å². The number of nitrogens with zero attached hydrogens (tertiary/aromatic N) is 2. The van der Waals surface area contributed by atoms with Gasteiger partial charge in [-0.15, -0.1) is 11.3 Å². The van der Waals surface area contributed by atoms with Gasteiger partial charge >= 0.3 is 6.03 Å². The number of fused-ring (bicyclic) bond motifs is 2. The zero-order valence-electron chi connectivity index (χ0n) is 15.5. The predicted octanol–water partition coefficient (Wildman–Crippen LogP) is 4.23. The molecule has 7 heteroatoms. The third kappa shape index (κ3) is 2.93. The summed E-state index contributed by atoms with van der Waals surface area (Å²) in [4.78, 5) is 31.9. The normalized spacial score (nSPS) is 20.8. The maximum Gasteiger partial charge on any atom is 0.325 e.